The van der Waals surface area contributed by atoms with E-state index >= 15 is 0 Å². The van der Waals surface area contributed by atoms with Crippen LogP contribution in [0.3, 0.4) is 0 Å². The van der Waals surface area contributed by atoms with Crippen molar-refractivity contribution in [2.24, 2.45) is 16.6 Å². The van der Waals surface area contributed by atoms with Gasteiger partial charge in [-0.05, 0) is 30.9 Å². The van der Waals surface area contributed by atoms with E-state index in [0.29, 0.717) is 29.6 Å². The molecule has 1 saturated heterocycles. The number of hydrogen-bond donors (Lipinski definition) is 2. The maximum Gasteiger partial charge on any atom is 0.252 e. The molecule has 1 aliphatic rings. The van der Waals surface area contributed by atoms with Crippen molar-refractivity contribution in [2.75, 3.05) is 26.2 Å². The maximum atomic E-state index is 12.0. The molecule has 2 rings (SSSR count). The molecule has 3 N–H and O–H groups in total. The molecule has 23 heavy (non-hydrogen) atoms. The van der Waals surface area contributed by atoms with Crippen LogP contribution in [0.1, 0.15) is 30.1 Å². The first-order chi connectivity index (χ1) is 10.6. The fourth-order valence-electron chi connectivity index (χ4n) is 2.42. The fraction of sp³-hybridized carbons (Fsp3) is 0.500. The highest BCUT2D eigenvalue weighted by Crippen LogP contribution is 2.15. The number of aliphatic imine (C=N–C) groups is 1. The molecule has 0 spiro atoms. The van der Waals surface area contributed by atoms with Gasteiger partial charge in [-0.2, -0.15) is 0 Å². The minimum absolute atomic E-state index is 0. The van der Waals surface area contributed by atoms with Gasteiger partial charge in [-0.3, -0.25) is 9.79 Å². The number of halogens is 2. The zero-order chi connectivity index (χ0) is 15.9. The van der Waals surface area contributed by atoms with Gasteiger partial charge < -0.3 is 16.0 Å². The second kappa shape index (κ2) is 9.97. The van der Waals surface area contributed by atoms with Crippen molar-refractivity contribution in [1.82, 2.24) is 10.2 Å². The Hall–Kier alpha value is -1.02. The summed E-state index contributed by atoms with van der Waals surface area (Å²) in [5.41, 5.74) is 6.47. The molecule has 1 aromatic carbocycles. The molecule has 0 aliphatic carbocycles. The highest BCUT2D eigenvalue weighted by molar-refractivity contribution is 14.0. The number of likely N-dealkylation sites (tertiary alicyclic amines) is 1. The van der Waals surface area contributed by atoms with E-state index in [2.05, 4.69) is 22.1 Å². The number of nitrogens with zero attached hydrogens (tertiary/aromatic N) is 2. The summed E-state index contributed by atoms with van der Waals surface area (Å²) in [6.45, 7) is 5.09. The third-order valence-corrected chi connectivity index (χ3v) is 4.23. The maximum absolute atomic E-state index is 12.0. The Morgan fingerprint density at radius 1 is 1.39 bits per heavy atom. The Morgan fingerprint density at radius 2 is 2.04 bits per heavy atom. The molecule has 7 heteroatoms. The van der Waals surface area contributed by atoms with Crippen LogP contribution >= 0.6 is 35.6 Å². The van der Waals surface area contributed by atoms with Gasteiger partial charge in [0.15, 0.2) is 5.96 Å². The lowest BCUT2D eigenvalue weighted by molar-refractivity contribution is 0.0955. The summed E-state index contributed by atoms with van der Waals surface area (Å²) >= 11 is 5.98. The average Bonchev–Trinajstić information content (AvgIpc) is 2.52. The third kappa shape index (κ3) is 6.18. The molecule has 1 aromatic rings. The van der Waals surface area contributed by atoms with E-state index < -0.39 is 0 Å². The molecule has 0 aromatic heterocycles. The van der Waals surface area contributed by atoms with E-state index in [4.69, 9.17) is 17.3 Å². The van der Waals surface area contributed by atoms with Gasteiger partial charge in [-0.1, -0.05) is 30.7 Å². The highest BCUT2D eigenvalue weighted by Gasteiger charge is 2.16. The van der Waals surface area contributed by atoms with Crippen LogP contribution in [-0.4, -0.2) is 42.9 Å². The van der Waals surface area contributed by atoms with Gasteiger partial charge in [0, 0.05) is 19.6 Å². The molecule has 1 amide bonds. The molecular formula is C16H24ClIN4O. The number of carbonyl (C=O) groups is 1. The summed E-state index contributed by atoms with van der Waals surface area (Å²) in [6, 6.07) is 6.98. The van der Waals surface area contributed by atoms with Gasteiger partial charge in [-0.25, -0.2) is 0 Å². The van der Waals surface area contributed by atoms with E-state index in [1.165, 1.54) is 0 Å². The third-order valence-electron chi connectivity index (χ3n) is 3.90. The molecule has 0 saturated carbocycles. The SMILES string of the molecule is CC1CCN(C(N)=NCCNC(=O)c2ccccc2Cl)CC1.I. The monoisotopic (exact) mass is 450 g/mol. The Morgan fingerprint density at radius 3 is 2.70 bits per heavy atom. The summed E-state index contributed by atoms with van der Waals surface area (Å²) < 4.78 is 0. The van der Waals surface area contributed by atoms with E-state index in [-0.39, 0.29) is 29.9 Å². The number of nitrogens with two attached hydrogens (primary N) is 1. The first kappa shape index (κ1) is 20.0. The Balaban J connectivity index is 0.00000264. The number of nitrogens with one attached hydrogen (secondary N) is 1. The summed E-state index contributed by atoms with van der Waals surface area (Å²) in [4.78, 5) is 18.4. The molecular weight excluding hydrogens is 427 g/mol. The van der Waals surface area contributed by atoms with Crippen LogP contribution in [0.15, 0.2) is 29.3 Å². The smallest absolute Gasteiger partial charge is 0.252 e. The number of guanidine groups is 1. The minimum Gasteiger partial charge on any atom is -0.370 e. The molecule has 0 bridgehead atoms. The molecule has 5 nitrogen and oxygen atoms in total. The number of benzene rings is 1. The molecule has 0 radical (unpaired) electrons. The Kier molecular flexibility index (Phi) is 8.68. The van der Waals surface area contributed by atoms with Crippen LogP contribution in [-0.2, 0) is 0 Å². The molecule has 1 aliphatic heterocycles. The molecule has 1 heterocycles. The first-order valence-electron chi connectivity index (χ1n) is 7.65. The van der Waals surface area contributed by atoms with Crippen molar-refractivity contribution in [2.45, 2.75) is 19.8 Å². The average molecular weight is 451 g/mol. The topological polar surface area (TPSA) is 70.7 Å². The van der Waals surface area contributed by atoms with Crippen LogP contribution < -0.4 is 11.1 Å². The van der Waals surface area contributed by atoms with Gasteiger partial charge in [0.25, 0.3) is 5.91 Å². The van der Waals surface area contributed by atoms with Crippen molar-refractivity contribution < 1.29 is 4.79 Å². The second-order valence-electron chi connectivity index (χ2n) is 5.65. The van der Waals surface area contributed by atoms with E-state index in [1.54, 1.807) is 24.3 Å². The summed E-state index contributed by atoms with van der Waals surface area (Å²) in [6.07, 6.45) is 2.30. The van der Waals surface area contributed by atoms with Crippen LogP contribution in [0.4, 0.5) is 0 Å². The quantitative estimate of drug-likeness (QED) is 0.321. The number of hydrogen-bond acceptors (Lipinski definition) is 2. The lowest BCUT2D eigenvalue weighted by Crippen LogP contribution is -2.42. The molecule has 1 fully saturated rings. The summed E-state index contributed by atoms with van der Waals surface area (Å²) in [5, 5.41) is 3.25. The standard InChI is InChI=1S/C16H23ClN4O.HI/c1-12-6-10-21(11-7-12)16(18)20-9-8-19-15(22)13-4-2-3-5-14(13)17;/h2-5,12H,6-11H2,1H3,(H2,18,20)(H,19,22);1H. The number of piperidine rings is 1. The normalized spacial score (nSPS) is 15.9. The minimum atomic E-state index is -0.189. The van der Waals surface area contributed by atoms with Gasteiger partial charge in [0.2, 0.25) is 0 Å². The molecule has 128 valence electrons. The van der Waals surface area contributed by atoms with Crippen molar-refractivity contribution in [3.63, 3.8) is 0 Å². The number of rotatable bonds is 4. The van der Waals surface area contributed by atoms with Crippen LogP contribution in [0, 0.1) is 5.92 Å². The fourth-order valence-corrected chi connectivity index (χ4v) is 2.64. The molecule has 0 atom stereocenters. The summed E-state index contributed by atoms with van der Waals surface area (Å²) in [5.74, 6) is 1.14. The van der Waals surface area contributed by atoms with E-state index in [9.17, 15) is 4.79 Å². The largest absolute Gasteiger partial charge is 0.370 e. The molecule has 0 unspecified atom stereocenters. The van der Waals surface area contributed by atoms with Crippen molar-refractivity contribution in [3.05, 3.63) is 34.9 Å². The Labute approximate surface area is 159 Å². The lowest BCUT2D eigenvalue weighted by Gasteiger charge is -2.31. The van der Waals surface area contributed by atoms with E-state index in [1.807, 2.05) is 0 Å². The summed E-state index contributed by atoms with van der Waals surface area (Å²) in [7, 11) is 0. The number of amides is 1. The van der Waals surface area contributed by atoms with Crippen molar-refractivity contribution in [1.29, 1.82) is 0 Å². The zero-order valence-electron chi connectivity index (χ0n) is 13.3. The Bertz CT molecular complexity index is 545. The van der Waals surface area contributed by atoms with Gasteiger partial charge in [0.05, 0.1) is 17.1 Å². The highest BCUT2D eigenvalue weighted by atomic mass is 127. The van der Waals surface area contributed by atoms with Crippen LogP contribution in [0.5, 0.6) is 0 Å². The van der Waals surface area contributed by atoms with Gasteiger partial charge in [0.1, 0.15) is 0 Å². The van der Waals surface area contributed by atoms with Crippen LogP contribution in [0.2, 0.25) is 5.02 Å². The second-order valence-corrected chi connectivity index (χ2v) is 6.05. The van der Waals surface area contributed by atoms with E-state index in [0.717, 1.165) is 31.8 Å². The van der Waals surface area contributed by atoms with Crippen LogP contribution in [0.25, 0.3) is 0 Å². The number of carbonyl (C=O) groups excluding carboxylic acids is 1. The van der Waals surface area contributed by atoms with Gasteiger partial charge >= 0.3 is 0 Å². The lowest BCUT2D eigenvalue weighted by atomic mass is 10.00. The van der Waals surface area contributed by atoms with Crippen molar-refractivity contribution in [3.8, 4) is 0 Å². The predicted octanol–water partition coefficient (Wildman–Crippen LogP) is 2.73. The predicted molar refractivity (Wildman–Crippen MR) is 106 cm³/mol. The zero-order valence-corrected chi connectivity index (χ0v) is 16.4. The van der Waals surface area contributed by atoms with Gasteiger partial charge in [-0.15, -0.1) is 24.0 Å². The first-order valence-corrected chi connectivity index (χ1v) is 8.03. The van der Waals surface area contributed by atoms with Crippen molar-refractivity contribution >= 4 is 47.4 Å².